The van der Waals surface area contributed by atoms with Crippen molar-refractivity contribution >= 4 is 23.7 Å². The molecule has 0 spiro atoms. The molecule has 136 valence electrons. The number of ether oxygens (including phenoxy) is 2. The Labute approximate surface area is 147 Å². The first-order chi connectivity index (χ1) is 11.8. The summed E-state index contributed by atoms with van der Waals surface area (Å²) in [6.45, 7) is 8.89. The number of carbonyl (C=O) groups excluding carboxylic acids is 3. The van der Waals surface area contributed by atoms with Gasteiger partial charge in [0, 0.05) is 5.69 Å². The molecular formula is C18H24N2O5. The van der Waals surface area contributed by atoms with E-state index in [-0.39, 0.29) is 29.9 Å². The zero-order chi connectivity index (χ0) is 18.7. The third-order valence-corrected chi connectivity index (χ3v) is 4.00. The summed E-state index contributed by atoms with van der Waals surface area (Å²) < 4.78 is 10.4. The second kappa shape index (κ2) is 7.63. The van der Waals surface area contributed by atoms with Crippen LogP contribution in [0.4, 0.5) is 10.6 Å². The Bertz CT molecular complexity index is 686. The number of aryl methyl sites for hydroxylation is 1. The fourth-order valence-electron chi connectivity index (χ4n) is 2.96. The van der Waals surface area contributed by atoms with E-state index in [9.17, 15) is 14.4 Å². The van der Waals surface area contributed by atoms with Crippen molar-refractivity contribution in [2.75, 3.05) is 11.5 Å². The molecule has 0 bridgehead atoms. The van der Waals surface area contributed by atoms with E-state index in [4.69, 9.17) is 9.47 Å². The van der Waals surface area contributed by atoms with Crippen LogP contribution in [-0.2, 0) is 14.3 Å². The molecule has 0 aromatic carbocycles. The van der Waals surface area contributed by atoms with Gasteiger partial charge in [0.05, 0.1) is 24.3 Å². The van der Waals surface area contributed by atoms with Crippen molar-refractivity contribution < 1.29 is 23.9 Å². The zero-order valence-electron chi connectivity index (χ0n) is 15.2. The van der Waals surface area contributed by atoms with Gasteiger partial charge in [-0.2, -0.15) is 0 Å². The van der Waals surface area contributed by atoms with Crippen LogP contribution in [0.1, 0.15) is 50.2 Å². The Morgan fingerprint density at radius 2 is 1.96 bits per heavy atom. The van der Waals surface area contributed by atoms with Gasteiger partial charge in [-0.05, 0) is 46.2 Å². The molecule has 2 unspecified atom stereocenters. The van der Waals surface area contributed by atoms with Gasteiger partial charge in [0.1, 0.15) is 11.7 Å². The Kier molecular flexibility index (Phi) is 5.77. The molecule has 2 atom stereocenters. The minimum Gasteiger partial charge on any atom is -0.465 e. The summed E-state index contributed by atoms with van der Waals surface area (Å²) in [5.41, 5.74) is 0.896. The molecule has 0 radical (unpaired) electrons. The molecule has 0 aliphatic carbocycles. The van der Waals surface area contributed by atoms with Gasteiger partial charge in [-0.15, -0.1) is 0 Å². The Morgan fingerprint density at radius 3 is 2.52 bits per heavy atom. The third kappa shape index (κ3) is 3.65. The van der Waals surface area contributed by atoms with Gasteiger partial charge in [-0.25, -0.2) is 9.78 Å². The number of carbonyl (C=O) groups is 3. The molecule has 0 N–H and O–H groups in total. The fourth-order valence-corrected chi connectivity index (χ4v) is 2.96. The van der Waals surface area contributed by atoms with Gasteiger partial charge in [-0.3, -0.25) is 14.5 Å². The van der Waals surface area contributed by atoms with E-state index in [1.165, 1.54) is 4.90 Å². The van der Waals surface area contributed by atoms with Crippen molar-refractivity contribution in [2.24, 2.45) is 5.92 Å². The summed E-state index contributed by atoms with van der Waals surface area (Å²) in [5, 5.41) is 0. The van der Waals surface area contributed by atoms with Crippen LogP contribution in [0.3, 0.4) is 0 Å². The highest BCUT2D eigenvalue weighted by Gasteiger charge is 2.48. The van der Waals surface area contributed by atoms with Gasteiger partial charge in [-0.1, -0.05) is 6.92 Å². The summed E-state index contributed by atoms with van der Waals surface area (Å²) in [6.07, 6.45) is -0.572. The summed E-state index contributed by atoms with van der Waals surface area (Å²) in [7, 11) is 0. The highest BCUT2D eigenvalue weighted by molar-refractivity contribution is 6.16. The van der Waals surface area contributed by atoms with E-state index in [1.54, 1.807) is 46.8 Å². The number of rotatable bonds is 4. The molecule has 1 aromatic heterocycles. The second-order valence-corrected chi connectivity index (χ2v) is 6.20. The average Bonchev–Trinajstić information content (AvgIpc) is 2.53. The van der Waals surface area contributed by atoms with E-state index in [1.807, 2.05) is 0 Å². The van der Waals surface area contributed by atoms with Crippen LogP contribution in [-0.4, -0.2) is 41.6 Å². The fraction of sp³-hybridized carbons (Fsp3) is 0.556. The highest BCUT2D eigenvalue weighted by atomic mass is 16.6. The number of nitrogens with zero attached hydrogens (tertiary/aromatic N) is 2. The minimum absolute atomic E-state index is 0.161. The smallest absolute Gasteiger partial charge is 0.416 e. The van der Waals surface area contributed by atoms with Crippen LogP contribution in [0.5, 0.6) is 0 Å². The molecule has 7 nitrogen and oxygen atoms in total. The number of anilines is 1. The van der Waals surface area contributed by atoms with Crippen LogP contribution in [0.15, 0.2) is 12.1 Å². The molecular weight excluding hydrogens is 324 g/mol. The normalized spacial score (nSPS) is 19.6. The first-order valence-corrected chi connectivity index (χ1v) is 8.50. The number of aromatic nitrogens is 1. The van der Waals surface area contributed by atoms with Crippen LogP contribution < -0.4 is 4.90 Å². The first kappa shape index (κ1) is 18.9. The Hall–Kier alpha value is -2.44. The third-order valence-electron chi connectivity index (χ3n) is 4.00. The number of hydrogen-bond donors (Lipinski definition) is 0. The number of fused-ring (bicyclic) bond motifs is 1. The van der Waals surface area contributed by atoms with Crippen LogP contribution in [0.25, 0.3) is 0 Å². The van der Waals surface area contributed by atoms with Crippen molar-refractivity contribution in [1.29, 1.82) is 0 Å². The quantitative estimate of drug-likeness (QED) is 0.614. The molecule has 0 saturated heterocycles. The predicted molar refractivity (Wildman–Crippen MR) is 91.6 cm³/mol. The lowest BCUT2D eigenvalue weighted by Gasteiger charge is -2.38. The van der Waals surface area contributed by atoms with Gasteiger partial charge < -0.3 is 9.47 Å². The summed E-state index contributed by atoms with van der Waals surface area (Å²) >= 11 is 0. The Morgan fingerprint density at radius 1 is 1.28 bits per heavy atom. The maximum absolute atomic E-state index is 12.9. The second-order valence-electron chi connectivity index (χ2n) is 6.20. The first-order valence-electron chi connectivity index (χ1n) is 8.50. The highest BCUT2D eigenvalue weighted by Crippen LogP contribution is 2.35. The minimum atomic E-state index is -1.08. The number of amides is 1. The Balaban J connectivity index is 2.59. The average molecular weight is 348 g/mol. The van der Waals surface area contributed by atoms with Crippen molar-refractivity contribution in [3.63, 3.8) is 0 Å². The monoisotopic (exact) mass is 348 g/mol. The van der Waals surface area contributed by atoms with Gasteiger partial charge in [0.2, 0.25) is 0 Å². The summed E-state index contributed by atoms with van der Waals surface area (Å²) in [5.74, 6) is -1.85. The molecule has 0 saturated carbocycles. The van der Waals surface area contributed by atoms with Gasteiger partial charge in [0.25, 0.3) is 0 Å². The molecule has 1 aliphatic heterocycles. The molecule has 2 heterocycles. The van der Waals surface area contributed by atoms with Gasteiger partial charge in [0.15, 0.2) is 5.78 Å². The molecule has 2 rings (SSSR count). The summed E-state index contributed by atoms with van der Waals surface area (Å²) in [4.78, 5) is 43.7. The molecule has 7 heteroatoms. The van der Waals surface area contributed by atoms with Gasteiger partial charge >= 0.3 is 12.1 Å². The number of esters is 1. The van der Waals surface area contributed by atoms with Crippen LogP contribution in [0.2, 0.25) is 0 Å². The van der Waals surface area contributed by atoms with Crippen molar-refractivity contribution in [3.8, 4) is 0 Å². The lowest BCUT2D eigenvalue weighted by Crippen LogP contribution is -2.54. The number of pyridine rings is 1. The standard InChI is InChI=1S/C18H24N2O5/c1-6-13-14(17(22)24-7-2)15(21)12-9-8-11(5)19-16(12)20(13)18(23)25-10(3)4/h8-10,13-14H,6-7H2,1-5H3. The topological polar surface area (TPSA) is 85.8 Å². The van der Waals surface area contributed by atoms with Crippen LogP contribution >= 0.6 is 0 Å². The maximum atomic E-state index is 12.9. The predicted octanol–water partition coefficient (Wildman–Crippen LogP) is 2.90. The summed E-state index contributed by atoms with van der Waals surface area (Å²) in [6, 6.07) is 2.57. The van der Waals surface area contributed by atoms with E-state index in [2.05, 4.69) is 4.98 Å². The number of ketones is 1. The van der Waals surface area contributed by atoms with Crippen molar-refractivity contribution in [1.82, 2.24) is 4.98 Å². The van der Waals surface area contributed by atoms with E-state index in [0.29, 0.717) is 12.1 Å². The largest absolute Gasteiger partial charge is 0.465 e. The number of hydrogen-bond acceptors (Lipinski definition) is 6. The van der Waals surface area contributed by atoms with E-state index < -0.39 is 24.0 Å². The zero-order valence-corrected chi connectivity index (χ0v) is 15.2. The molecule has 25 heavy (non-hydrogen) atoms. The maximum Gasteiger partial charge on any atom is 0.416 e. The lowest BCUT2D eigenvalue weighted by atomic mass is 9.84. The number of Topliss-reactive ketones (excluding diaryl/α,β-unsaturated/α-hetero) is 1. The van der Waals surface area contributed by atoms with E-state index in [0.717, 1.165) is 0 Å². The molecule has 0 fully saturated rings. The van der Waals surface area contributed by atoms with Crippen molar-refractivity contribution in [2.45, 2.75) is 53.2 Å². The molecule has 1 amide bonds. The van der Waals surface area contributed by atoms with E-state index >= 15 is 0 Å². The lowest BCUT2D eigenvalue weighted by molar-refractivity contribution is -0.146. The SMILES string of the molecule is CCOC(=O)C1C(=O)c2ccc(C)nc2N(C(=O)OC(C)C)C1CC. The molecule has 1 aromatic rings. The van der Waals surface area contributed by atoms with Crippen LogP contribution in [0, 0.1) is 12.8 Å². The van der Waals surface area contributed by atoms with Crippen molar-refractivity contribution in [3.05, 3.63) is 23.4 Å². The molecule has 1 aliphatic rings.